The normalized spacial score (nSPS) is 20.9. The summed E-state index contributed by atoms with van der Waals surface area (Å²) >= 11 is 0. The molecule has 0 aromatic carbocycles. The van der Waals surface area contributed by atoms with E-state index < -0.39 is 0 Å². The van der Waals surface area contributed by atoms with E-state index in [4.69, 9.17) is 4.98 Å². The van der Waals surface area contributed by atoms with Gasteiger partial charge in [-0.05, 0) is 38.2 Å². The lowest BCUT2D eigenvalue weighted by atomic mass is 10.1. The van der Waals surface area contributed by atoms with Crippen LogP contribution in [0.5, 0.6) is 0 Å². The minimum atomic E-state index is 0.0430. The van der Waals surface area contributed by atoms with Crippen LogP contribution in [0.15, 0.2) is 17.1 Å². The van der Waals surface area contributed by atoms with Crippen molar-refractivity contribution >= 4 is 22.9 Å². The zero-order valence-electron chi connectivity index (χ0n) is 16.4. The predicted octanol–water partition coefficient (Wildman–Crippen LogP) is 2.27. The van der Waals surface area contributed by atoms with E-state index in [0.717, 1.165) is 68.5 Å². The van der Waals surface area contributed by atoms with Crippen molar-refractivity contribution in [1.29, 1.82) is 0 Å². The first-order chi connectivity index (χ1) is 13.6. The topological polar surface area (TPSA) is 71.3 Å². The maximum absolute atomic E-state index is 12.8. The number of piperazine rings is 1. The van der Waals surface area contributed by atoms with Gasteiger partial charge in [0.1, 0.15) is 5.65 Å². The van der Waals surface area contributed by atoms with Crippen LogP contribution in [0.2, 0.25) is 0 Å². The molecule has 0 N–H and O–H groups in total. The summed E-state index contributed by atoms with van der Waals surface area (Å²) in [6.45, 7) is 4.88. The van der Waals surface area contributed by atoms with Crippen LogP contribution in [0.1, 0.15) is 50.1 Å². The average Bonchev–Trinajstić information content (AvgIpc) is 3.43. The number of carbonyl (C=O) groups excluding carboxylic acids is 1. The summed E-state index contributed by atoms with van der Waals surface area (Å²) in [4.78, 5) is 38.6. The zero-order valence-corrected chi connectivity index (χ0v) is 16.4. The molecule has 5 rings (SSSR count). The van der Waals surface area contributed by atoms with Gasteiger partial charge in [0, 0.05) is 55.8 Å². The number of hydrogen-bond donors (Lipinski definition) is 0. The van der Waals surface area contributed by atoms with Gasteiger partial charge in [0.05, 0.1) is 0 Å². The van der Waals surface area contributed by atoms with Crippen molar-refractivity contribution in [1.82, 2.24) is 19.4 Å². The van der Waals surface area contributed by atoms with Gasteiger partial charge in [-0.3, -0.25) is 14.2 Å². The van der Waals surface area contributed by atoms with Crippen LogP contribution in [-0.2, 0) is 4.79 Å². The van der Waals surface area contributed by atoms with Crippen molar-refractivity contribution in [2.75, 3.05) is 31.1 Å². The van der Waals surface area contributed by atoms with E-state index in [9.17, 15) is 9.59 Å². The number of aromatic nitrogens is 3. The summed E-state index contributed by atoms with van der Waals surface area (Å²) in [5, 5.41) is 0.956. The van der Waals surface area contributed by atoms with Crippen molar-refractivity contribution in [3.63, 3.8) is 0 Å². The zero-order chi connectivity index (χ0) is 19.3. The molecule has 1 saturated heterocycles. The first kappa shape index (κ1) is 17.6. The minimum absolute atomic E-state index is 0.0430. The van der Waals surface area contributed by atoms with Crippen LogP contribution in [0.3, 0.4) is 0 Å². The molecule has 2 aromatic rings. The Balaban J connectivity index is 1.45. The van der Waals surface area contributed by atoms with E-state index in [1.165, 1.54) is 12.8 Å². The molecule has 3 fully saturated rings. The van der Waals surface area contributed by atoms with Gasteiger partial charge < -0.3 is 9.80 Å². The lowest BCUT2D eigenvalue weighted by Crippen LogP contribution is -2.49. The molecular weight excluding hydrogens is 354 g/mol. The molecule has 0 spiro atoms. The number of rotatable bonds is 3. The molecule has 7 nitrogen and oxygen atoms in total. The molecule has 0 unspecified atom stereocenters. The van der Waals surface area contributed by atoms with E-state index in [1.54, 1.807) is 6.07 Å². The first-order valence-electron chi connectivity index (χ1n) is 10.5. The monoisotopic (exact) mass is 381 g/mol. The number of aryl methyl sites for hydroxylation is 1. The second kappa shape index (κ2) is 6.87. The van der Waals surface area contributed by atoms with E-state index in [2.05, 4.69) is 9.88 Å². The Morgan fingerprint density at radius 3 is 2.46 bits per heavy atom. The van der Waals surface area contributed by atoms with Gasteiger partial charge in [-0.15, -0.1) is 0 Å². The standard InChI is InChI=1S/C21H27N5O2/c1-14-12-18(27)26(16-4-2-3-5-16)19-17(14)13-22-21(23-19)25-10-8-24(9-11-25)20(28)15-6-7-15/h12-13,15-16H,2-11H2,1H3. The van der Waals surface area contributed by atoms with E-state index in [1.807, 2.05) is 22.6 Å². The van der Waals surface area contributed by atoms with Gasteiger partial charge >= 0.3 is 0 Å². The molecule has 0 atom stereocenters. The second-order valence-electron chi connectivity index (χ2n) is 8.47. The highest BCUT2D eigenvalue weighted by Crippen LogP contribution is 2.32. The van der Waals surface area contributed by atoms with Crippen LogP contribution < -0.4 is 10.5 Å². The molecule has 3 aliphatic rings. The fourth-order valence-electron chi connectivity index (χ4n) is 4.65. The number of nitrogens with zero attached hydrogens (tertiary/aromatic N) is 5. The number of hydrogen-bond acceptors (Lipinski definition) is 5. The highest BCUT2D eigenvalue weighted by atomic mass is 16.2. The van der Waals surface area contributed by atoms with Gasteiger partial charge in [0.2, 0.25) is 11.9 Å². The molecule has 28 heavy (non-hydrogen) atoms. The van der Waals surface area contributed by atoms with Crippen molar-refractivity contribution in [2.45, 2.75) is 51.5 Å². The number of carbonyl (C=O) groups is 1. The van der Waals surface area contributed by atoms with Crippen molar-refractivity contribution in [2.24, 2.45) is 5.92 Å². The number of fused-ring (bicyclic) bond motifs is 1. The second-order valence-corrected chi connectivity index (χ2v) is 8.47. The first-order valence-corrected chi connectivity index (χ1v) is 10.5. The smallest absolute Gasteiger partial charge is 0.252 e. The minimum Gasteiger partial charge on any atom is -0.339 e. The molecule has 0 bridgehead atoms. The molecule has 2 aromatic heterocycles. The Hall–Kier alpha value is -2.44. The summed E-state index contributed by atoms with van der Waals surface area (Å²) in [7, 11) is 0. The van der Waals surface area contributed by atoms with Crippen molar-refractivity contribution < 1.29 is 4.79 Å². The Morgan fingerprint density at radius 2 is 1.79 bits per heavy atom. The molecule has 1 aliphatic heterocycles. The van der Waals surface area contributed by atoms with E-state index >= 15 is 0 Å². The number of amides is 1. The SMILES string of the molecule is Cc1cc(=O)n(C2CCCC2)c2nc(N3CCN(C(=O)C4CC4)CC3)ncc12. The quantitative estimate of drug-likeness (QED) is 0.816. The maximum Gasteiger partial charge on any atom is 0.252 e. The van der Waals surface area contributed by atoms with Crippen molar-refractivity contribution in [3.8, 4) is 0 Å². The third-order valence-electron chi connectivity index (χ3n) is 6.48. The Kier molecular flexibility index (Phi) is 4.33. The van der Waals surface area contributed by atoms with Gasteiger partial charge in [-0.25, -0.2) is 4.98 Å². The Labute approximate surface area is 164 Å². The Morgan fingerprint density at radius 1 is 1.07 bits per heavy atom. The lowest BCUT2D eigenvalue weighted by Gasteiger charge is -2.35. The van der Waals surface area contributed by atoms with Crippen LogP contribution in [-0.4, -0.2) is 51.5 Å². The van der Waals surface area contributed by atoms with Crippen molar-refractivity contribution in [3.05, 3.63) is 28.2 Å². The number of anilines is 1. The van der Waals surface area contributed by atoms with Gasteiger partial charge in [0.15, 0.2) is 0 Å². The van der Waals surface area contributed by atoms with Crippen LogP contribution in [0.25, 0.3) is 11.0 Å². The lowest BCUT2D eigenvalue weighted by molar-refractivity contribution is -0.132. The maximum atomic E-state index is 12.8. The van der Waals surface area contributed by atoms with E-state index in [-0.39, 0.29) is 17.5 Å². The highest BCUT2D eigenvalue weighted by Gasteiger charge is 2.35. The average molecular weight is 381 g/mol. The van der Waals surface area contributed by atoms with Gasteiger partial charge in [0.25, 0.3) is 5.56 Å². The predicted molar refractivity (Wildman–Crippen MR) is 108 cm³/mol. The fourth-order valence-corrected chi connectivity index (χ4v) is 4.65. The van der Waals surface area contributed by atoms with E-state index in [0.29, 0.717) is 11.9 Å². The molecule has 2 aliphatic carbocycles. The molecule has 1 amide bonds. The van der Waals surface area contributed by atoms with Crippen LogP contribution in [0, 0.1) is 12.8 Å². The summed E-state index contributed by atoms with van der Waals surface area (Å²) in [5.41, 5.74) is 1.74. The molecule has 2 saturated carbocycles. The fraction of sp³-hybridized carbons (Fsp3) is 0.619. The highest BCUT2D eigenvalue weighted by molar-refractivity contribution is 5.81. The summed E-state index contributed by atoms with van der Waals surface area (Å²) in [6, 6.07) is 1.96. The summed E-state index contributed by atoms with van der Waals surface area (Å²) < 4.78 is 1.90. The molecule has 3 heterocycles. The largest absolute Gasteiger partial charge is 0.339 e. The molecule has 7 heteroatoms. The van der Waals surface area contributed by atoms with Crippen LogP contribution in [0.4, 0.5) is 5.95 Å². The summed E-state index contributed by atoms with van der Waals surface area (Å²) in [5.74, 6) is 1.25. The van der Waals surface area contributed by atoms with Gasteiger partial charge in [-0.1, -0.05) is 12.8 Å². The number of pyridine rings is 1. The van der Waals surface area contributed by atoms with Gasteiger partial charge in [-0.2, -0.15) is 4.98 Å². The summed E-state index contributed by atoms with van der Waals surface area (Å²) in [6.07, 6.45) is 8.37. The Bertz CT molecular complexity index is 967. The molecule has 148 valence electrons. The van der Waals surface area contributed by atoms with Crippen LogP contribution >= 0.6 is 0 Å². The third kappa shape index (κ3) is 3.06. The molecule has 0 radical (unpaired) electrons. The molecular formula is C21H27N5O2. The third-order valence-corrected chi connectivity index (χ3v) is 6.48.